The monoisotopic (exact) mass is 362 g/mol. The lowest BCUT2D eigenvalue weighted by Crippen LogP contribution is -2.30. The van der Waals surface area contributed by atoms with Gasteiger partial charge in [-0.05, 0) is 38.3 Å². The van der Waals surface area contributed by atoms with E-state index in [1.54, 1.807) is 0 Å². The predicted molar refractivity (Wildman–Crippen MR) is 107 cm³/mol. The molecule has 4 rings (SSSR count). The van der Waals surface area contributed by atoms with Gasteiger partial charge in [-0.1, -0.05) is 60.7 Å². The van der Waals surface area contributed by atoms with E-state index >= 15 is 0 Å². The van der Waals surface area contributed by atoms with Gasteiger partial charge in [0.25, 0.3) is 0 Å². The molecule has 1 atom stereocenters. The van der Waals surface area contributed by atoms with Crippen molar-refractivity contribution >= 4 is 22.4 Å². The number of anilines is 1. The second-order valence-corrected chi connectivity index (χ2v) is 8.46. The number of aromatic nitrogens is 1. The molecular formula is C22H22N2OS. The summed E-state index contributed by atoms with van der Waals surface area (Å²) in [4.78, 5) is 18.8. The minimum atomic E-state index is -0.497. The summed E-state index contributed by atoms with van der Waals surface area (Å²) in [6, 6.07) is 20.7. The molecule has 1 unspecified atom stereocenters. The SMILES string of the molecule is Cc1nc(NC(=O)C2(C)CC2(c2ccccc2)c2ccccc2)sc1C. The van der Waals surface area contributed by atoms with Crippen LogP contribution >= 0.6 is 11.3 Å². The van der Waals surface area contributed by atoms with Crippen molar-refractivity contribution in [2.45, 2.75) is 32.6 Å². The van der Waals surface area contributed by atoms with Gasteiger partial charge in [-0.3, -0.25) is 4.79 Å². The average molecular weight is 362 g/mol. The first kappa shape index (κ1) is 17.0. The summed E-state index contributed by atoms with van der Waals surface area (Å²) < 4.78 is 0. The number of nitrogens with zero attached hydrogens (tertiary/aromatic N) is 1. The van der Waals surface area contributed by atoms with Crippen molar-refractivity contribution in [2.75, 3.05) is 5.32 Å². The summed E-state index contributed by atoms with van der Waals surface area (Å²) >= 11 is 1.54. The molecule has 0 radical (unpaired) electrons. The number of carbonyl (C=O) groups is 1. The molecule has 3 nitrogen and oxygen atoms in total. The van der Waals surface area contributed by atoms with Crippen LogP contribution in [0.2, 0.25) is 0 Å². The third kappa shape index (κ3) is 2.48. The maximum absolute atomic E-state index is 13.2. The van der Waals surface area contributed by atoms with Gasteiger partial charge in [0.15, 0.2) is 5.13 Å². The number of nitrogens with one attached hydrogen (secondary N) is 1. The van der Waals surface area contributed by atoms with Gasteiger partial charge in [-0.15, -0.1) is 11.3 Å². The van der Waals surface area contributed by atoms with Gasteiger partial charge in [0.05, 0.1) is 11.1 Å². The highest BCUT2D eigenvalue weighted by molar-refractivity contribution is 7.15. The zero-order valence-electron chi connectivity index (χ0n) is 15.2. The number of benzene rings is 2. The van der Waals surface area contributed by atoms with Gasteiger partial charge in [0, 0.05) is 10.3 Å². The molecule has 1 amide bonds. The van der Waals surface area contributed by atoms with Crippen molar-refractivity contribution < 1.29 is 4.79 Å². The van der Waals surface area contributed by atoms with Crippen LogP contribution in [0.4, 0.5) is 5.13 Å². The van der Waals surface area contributed by atoms with Gasteiger partial charge in [0.1, 0.15) is 0 Å². The lowest BCUT2D eigenvalue weighted by Gasteiger charge is -2.23. The molecule has 1 saturated carbocycles. The van der Waals surface area contributed by atoms with E-state index < -0.39 is 5.41 Å². The van der Waals surface area contributed by atoms with Gasteiger partial charge in [-0.25, -0.2) is 4.98 Å². The van der Waals surface area contributed by atoms with E-state index in [1.807, 2.05) is 50.2 Å². The third-order valence-electron chi connectivity index (χ3n) is 5.72. The van der Waals surface area contributed by atoms with E-state index in [9.17, 15) is 4.79 Å². The zero-order chi connectivity index (χ0) is 18.4. The van der Waals surface area contributed by atoms with Gasteiger partial charge in [-0.2, -0.15) is 0 Å². The van der Waals surface area contributed by atoms with Crippen LogP contribution in [0, 0.1) is 19.3 Å². The van der Waals surface area contributed by atoms with E-state index in [1.165, 1.54) is 22.5 Å². The van der Waals surface area contributed by atoms with E-state index in [-0.39, 0.29) is 11.3 Å². The molecule has 1 N–H and O–H groups in total. The van der Waals surface area contributed by atoms with Gasteiger partial charge >= 0.3 is 0 Å². The number of thiazole rings is 1. The fourth-order valence-electron chi connectivity index (χ4n) is 3.97. The number of carbonyl (C=O) groups excluding carboxylic acids is 1. The molecule has 1 aliphatic rings. The number of hydrogen-bond donors (Lipinski definition) is 1. The molecule has 0 bridgehead atoms. The Morgan fingerprint density at radius 1 is 1.00 bits per heavy atom. The summed E-state index contributed by atoms with van der Waals surface area (Å²) in [5.41, 5.74) is 2.57. The Balaban J connectivity index is 1.72. The van der Waals surface area contributed by atoms with E-state index in [2.05, 4.69) is 41.5 Å². The van der Waals surface area contributed by atoms with Crippen molar-refractivity contribution in [3.8, 4) is 0 Å². The highest BCUT2D eigenvalue weighted by Gasteiger charge is 2.70. The van der Waals surface area contributed by atoms with Gasteiger partial charge < -0.3 is 5.32 Å². The number of hydrogen-bond acceptors (Lipinski definition) is 3. The second kappa shape index (κ2) is 6.06. The molecule has 4 heteroatoms. The highest BCUT2D eigenvalue weighted by atomic mass is 32.1. The third-order valence-corrected chi connectivity index (χ3v) is 6.71. The Hall–Kier alpha value is -2.46. The van der Waals surface area contributed by atoms with Crippen LogP contribution in [0.1, 0.15) is 35.0 Å². The quantitative estimate of drug-likeness (QED) is 0.702. The Kier molecular flexibility index (Phi) is 3.96. The maximum Gasteiger partial charge on any atom is 0.233 e. The average Bonchev–Trinajstić information content (AvgIpc) is 3.20. The minimum absolute atomic E-state index is 0.0407. The normalized spacial score (nSPS) is 20.6. The predicted octanol–water partition coefficient (Wildman–Crippen LogP) is 5.09. The van der Waals surface area contributed by atoms with Crippen LogP contribution in [-0.2, 0) is 10.2 Å². The Morgan fingerprint density at radius 2 is 1.54 bits per heavy atom. The molecule has 1 heterocycles. The Bertz CT molecular complexity index is 890. The van der Waals surface area contributed by atoms with E-state index in [4.69, 9.17) is 0 Å². The lowest BCUT2D eigenvalue weighted by atomic mass is 9.80. The van der Waals surface area contributed by atoms with Crippen LogP contribution in [0.15, 0.2) is 60.7 Å². The molecule has 26 heavy (non-hydrogen) atoms. The van der Waals surface area contributed by atoms with E-state index in [0.717, 1.165) is 17.0 Å². The molecule has 1 fully saturated rings. The standard InChI is InChI=1S/C22H22N2OS/c1-15-16(2)26-20(23-15)24-19(25)21(3)14-22(21,17-10-6-4-7-11-17)18-12-8-5-9-13-18/h4-13H,14H2,1-3H3,(H,23,24,25). The van der Waals surface area contributed by atoms with Crippen molar-refractivity contribution in [3.05, 3.63) is 82.4 Å². The summed E-state index contributed by atoms with van der Waals surface area (Å²) in [6.07, 6.45) is 0.795. The number of amides is 1. The number of aryl methyl sites for hydroxylation is 2. The van der Waals surface area contributed by atoms with Gasteiger partial charge in [0.2, 0.25) is 5.91 Å². The zero-order valence-corrected chi connectivity index (χ0v) is 16.1. The van der Waals surface area contributed by atoms with Crippen LogP contribution in [-0.4, -0.2) is 10.9 Å². The van der Waals surface area contributed by atoms with Crippen molar-refractivity contribution in [3.63, 3.8) is 0 Å². The summed E-state index contributed by atoms with van der Waals surface area (Å²) in [6.45, 7) is 6.06. The minimum Gasteiger partial charge on any atom is -0.301 e. The lowest BCUT2D eigenvalue weighted by molar-refractivity contribution is -0.121. The molecule has 132 valence electrons. The van der Waals surface area contributed by atoms with Crippen molar-refractivity contribution in [1.29, 1.82) is 0 Å². The molecule has 0 saturated heterocycles. The fourth-order valence-corrected chi connectivity index (χ4v) is 4.78. The van der Waals surface area contributed by atoms with Crippen LogP contribution in [0.25, 0.3) is 0 Å². The summed E-state index contributed by atoms with van der Waals surface area (Å²) in [5.74, 6) is 0.0407. The molecule has 0 aliphatic heterocycles. The molecule has 2 aromatic carbocycles. The molecule has 1 aromatic heterocycles. The van der Waals surface area contributed by atoms with Crippen LogP contribution in [0.5, 0.6) is 0 Å². The summed E-state index contributed by atoms with van der Waals surface area (Å²) in [5, 5.41) is 3.76. The molecule has 3 aromatic rings. The Morgan fingerprint density at radius 3 is 2.00 bits per heavy atom. The fraction of sp³-hybridized carbons (Fsp3) is 0.273. The van der Waals surface area contributed by atoms with Crippen molar-refractivity contribution in [1.82, 2.24) is 4.98 Å². The number of rotatable bonds is 4. The van der Waals surface area contributed by atoms with E-state index in [0.29, 0.717) is 5.13 Å². The largest absolute Gasteiger partial charge is 0.301 e. The summed E-state index contributed by atoms with van der Waals surface area (Å²) in [7, 11) is 0. The van der Waals surface area contributed by atoms with Crippen LogP contribution < -0.4 is 5.32 Å². The Labute approximate surface area is 158 Å². The smallest absolute Gasteiger partial charge is 0.233 e. The highest BCUT2D eigenvalue weighted by Crippen LogP contribution is 2.68. The van der Waals surface area contributed by atoms with Crippen molar-refractivity contribution in [2.24, 2.45) is 5.41 Å². The second-order valence-electron chi connectivity index (χ2n) is 7.26. The maximum atomic E-state index is 13.2. The first-order valence-corrected chi connectivity index (χ1v) is 9.65. The van der Waals surface area contributed by atoms with Crippen LogP contribution in [0.3, 0.4) is 0 Å². The first-order valence-electron chi connectivity index (χ1n) is 8.84. The molecule has 0 spiro atoms. The topological polar surface area (TPSA) is 42.0 Å². The molecule has 1 aliphatic carbocycles. The molecular weight excluding hydrogens is 340 g/mol. The first-order chi connectivity index (χ1) is 12.5.